The van der Waals surface area contributed by atoms with Crippen LogP contribution >= 0.6 is 0 Å². The number of hydrogen-bond donors (Lipinski definition) is 2. The van der Waals surface area contributed by atoms with Gasteiger partial charge in [0.25, 0.3) is 0 Å². The van der Waals surface area contributed by atoms with Crippen LogP contribution in [0.15, 0.2) is 24.3 Å². The maximum Gasteiger partial charge on any atom is 0.322 e. The number of benzene rings is 1. The lowest BCUT2D eigenvalue weighted by atomic mass is 10.0. The van der Waals surface area contributed by atoms with Crippen LogP contribution in [-0.4, -0.2) is 41.8 Å². The fraction of sp³-hybridized carbons (Fsp3) is 0.611. The summed E-state index contributed by atoms with van der Waals surface area (Å²) in [6.07, 6.45) is 5.52. The van der Waals surface area contributed by atoms with E-state index in [1.165, 1.54) is 12.8 Å². The first kappa shape index (κ1) is 16.3. The minimum atomic E-state index is -0.125. The third kappa shape index (κ3) is 4.69. The van der Waals surface area contributed by atoms with Gasteiger partial charge in [-0.15, -0.1) is 0 Å². The fourth-order valence-corrected chi connectivity index (χ4v) is 3.02. The van der Waals surface area contributed by atoms with Crippen molar-refractivity contribution >= 4 is 11.7 Å². The van der Waals surface area contributed by atoms with Gasteiger partial charge in [-0.05, 0) is 55.7 Å². The molecule has 1 heterocycles. The van der Waals surface area contributed by atoms with Crippen LogP contribution in [0.5, 0.6) is 0 Å². The van der Waals surface area contributed by atoms with Gasteiger partial charge in [-0.1, -0.05) is 12.1 Å². The van der Waals surface area contributed by atoms with Crippen molar-refractivity contribution in [2.75, 3.05) is 25.1 Å². The van der Waals surface area contributed by atoms with E-state index in [9.17, 15) is 9.90 Å². The third-order valence-electron chi connectivity index (χ3n) is 4.60. The zero-order chi connectivity index (χ0) is 16.1. The smallest absolute Gasteiger partial charge is 0.322 e. The summed E-state index contributed by atoms with van der Waals surface area (Å²) in [4.78, 5) is 14.2. The zero-order valence-corrected chi connectivity index (χ0v) is 13.5. The van der Waals surface area contributed by atoms with Gasteiger partial charge in [0.2, 0.25) is 0 Å². The number of piperidine rings is 1. The van der Waals surface area contributed by atoms with Gasteiger partial charge >= 0.3 is 6.03 Å². The largest absolute Gasteiger partial charge is 0.394 e. The molecule has 0 bridgehead atoms. The number of aliphatic hydroxyl groups is 1. The zero-order valence-electron chi connectivity index (χ0n) is 13.5. The van der Waals surface area contributed by atoms with Gasteiger partial charge in [-0.2, -0.15) is 0 Å². The first-order chi connectivity index (χ1) is 11.3. The Balaban J connectivity index is 1.54. The highest BCUT2D eigenvalue weighted by Crippen LogP contribution is 2.29. The van der Waals surface area contributed by atoms with E-state index in [-0.39, 0.29) is 18.7 Å². The fourth-order valence-electron chi connectivity index (χ4n) is 3.02. The summed E-state index contributed by atoms with van der Waals surface area (Å²) in [7, 11) is 0. The molecule has 5 nitrogen and oxygen atoms in total. The minimum Gasteiger partial charge on any atom is -0.394 e. The standard InChI is InChI=1S/C18H26N2O3/c21-11-17-6-1-2-9-20(17)18(22)19-16-5-3-4-15(10-16)13-23-12-14-7-8-14/h3-5,10,14,17,21H,1-2,6-9,11-13H2,(H,19,22)/t17-/m0/s1. The molecule has 1 aliphatic heterocycles. The van der Waals surface area contributed by atoms with Gasteiger partial charge in [-0.25, -0.2) is 4.79 Å². The molecular weight excluding hydrogens is 292 g/mol. The molecule has 1 aromatic rings. The number of nitrogens with zero attached hydrogens (tertiary/aromatic N) is 1. The molecule has 0 aromatic heterocycles. The quantitative estimate of drug-likeness (QED) is 0.847. The number of rotatable bonds is 6. The van der Waals surface area contributed by atoms with Crippen LogP contribution in [-0.2, 0) is 11.3 Å². The second-order valence-electron chi connectivity index (χ2n) is 6.61. The molecule has 126 valence electrons. The van der Waals surface area contributed by atoms with E-state index in [4.69, 9.17) is 4.74 Å². The van der Waals surface area contributed by atoms with Gasteiger partial charge in [0.05, 0.1) is 19.3 Å². The van der Waals surface area contributed by atoms with Crippen molar-refractivity contribution < 1.29 is 14.6 Å². The van der Waals surface area contributed by atoms with Crippen molar-refractivity contribution in [3.05, 3.63) is 29.8 Å². The van der Waals surface area contributed by atoms with Gasteiger partial charge in [-0.3, -0.25) is 0 Å². The van der Waals surface area contributed by atoms with E-state index in [0.29, 0.717) is 13.2 Å². The molecule has 1 saturated heterocycles. The Bertz CT molecular complexity index is 531. The number of carbonyl (C=O) groups is 1. The Morgan fingerprint density at radius 2 is 2.17 bits per heavy atom. The lowest BCUT2D eigenvalue weighted by Crippen LogP contribution is -2.47. The summed E-state index contributed by atoms with van der Waals surface area (Å²) in [5, 5.41) is 12.4. The summed E-state index contributed by atoms with van der Waals surface area (Å²) in [5.41, 5.74) is 1.85. The van der Waals surface area contributed by atoms with Crippen molar-refractivity contribution in [1.29, 1.82) is 0 Å². The van der Waals surface area contributed by atoms with Gasteiger partial charge in [0, 0.05) is 18.8 Å². The van der Waals surface area contributed by atoms with Crippen molar-refractivity contribution in [2.45, 2.75) is 44.8 Å². The van der Waals surface area contributed by atoms with Crippen LogP contribution in [0.3, 0.4) is 0 Å². The molecule has 2 aliphatic rings. The average molecular weight is 318 g/mol. The predicted molar refractivity (Wildman–Crippen MR) is 89.3 cm³/mol. The molecule has 2 amide bonds. The summed E-state index contributed by atoms with van der Waals surface area (Å²) in [5.74, 6) is 0.757. The van der Waals surface area contributed by atoms with Crippen molar-refractivity contribution in [2.24, 2.45) is 5.92 Å². The van der Waals surface area contributed by atoms with E-state index >= 15 is 0 Å². The van der Waals surface area contributed by atoms with Crippen molar-refractivity contribution in [1.82, 2.24) is 4.90 Å². The highest BCUT2D eigenvalue weighted by molar-refractivity contribution is 5.89. The number of likely N-dealkylation sites (tertiary alicyclic amines) is 1. The minimum absolute atomic E-state index is 0.0302. The molecule has 1 atom stereocenters. The molecule has 2 N–H and O–H groups in total. The number of amides is 2. The Kier molecular flexibility index (Phi) is 5.51. The molecule has 0 spiro atoms. The lowest BCUT2D eigenvalue weighted by Gasteiger charge is -2.34. The Labute approximate surface area is 137 Å². The number of nitrogens with one attached hydrogen (secondary N) is 1. The topological polar surface area (TPSA) is 61.8 Å². The van der Waals surface area contributed by atoms with Gasteiger partial charge < -0.3 is 20.1 Å². The lowest BCUT2D eigenvalue weighted by molar-refractivity contribution is 0.111. The van der Waals surface area contributed by atoms with E-state index in [2.05, 4.69) is 5.32 Å². The number of carbonyl (C=O) groups excluding carboxylic acids is 1. The maximum absolute atomic E-state index is 12.4. The van der Waals surface area contributed by atoms with E-state index in [0.717, 1.165) is 43.0 Å². The van der Waals surface area contributed by atoms with Crippen LogP contribution in [0.4, 0.5) is 10.5 Å². The second kappa shape index (κ2) is 7.79. The maximum atomic E-state index is 12.4. The van der Waals surface area contributed by atoms with Gasteiger partial charge in [0.1, 0.15) is 0 Å². The molecule has 0 radical (unpaired) electrons. The number of ether oxygens (including phenoxy) is 1. The number of hydrogen-bond acceptors (Lipinski definition) is 3. The molecule has 1 aliphatic carbocycles. The number of urea groups is 1. The van der Waals surface area contributed by atoms with E-state index < -0.39 is 0 Å². The molecule has 2 fully saturated rings. The van der Waals surface area contributed by atoms with Crippen LogP contribution in [0.2, 0.25) is 0 Å². The summed E-state index contributed by atoms with van der Waals surface area (Å²) < 4.78 is 5.70. The highest BCUT2D eigenvalue weighted by Gasteiger charge is 2.26. The van der Waals surface area contributed by atoms with E-state index in [1.54, 1.807) is 4.90 Å². The SMILES string of the molecule is O=C(Nc1cccc(COCC2CC2)c1)N1CCCC[C@H]1CO. The Morgan fingerprint density at radius 3 is 2.96 bits per heavy atom. The normalized spacial score (nSPS) is 21.3. The van der Waals surface area contributed by atoms with Gasteiger partial charge in [0.15, 0.2) is 0 Å². The Morgan fingerprint density at radius 1 is 1.30 bits per heavy atom. The van der Waals surface area contributed by atoms with Crippen molar-refractivity contribution in [3.8, 4) is 0 Å². The van der Waals surface area contributed by atoms with Crippen LogP contribution in [0.1, 0.15) is 37.7 Å². The second-order valence-corrected chi connectivity index (χ2v) is 6.61. The molecule has 1 aromatic carbocycles. The molecule has 5 heteroatoms. The van der Waals surface area contributed by atoms with Crippen LogP contribution in [0, 0.1) is 5.92 Å². The van der Waals surface area contributed by atoms with Crippen LogP contribution < -0.4 is 5.32 Å². The summed E-state index contributed by atoms with van der Waals surface area (Å²) in [6.45, 7) is 2.16. The monoisotopic (exact) mass is 318 g/mol. The Hall–Kier alpha value is -1.59. The summed E-state index contributed by atoms with van der Waals surface area (Å²) >= 11 is 0. The van der Waals surface area contributed by atoms with Crippen LogP contribution in [0.25, 0.3) is 0 Å². The average Bonchev–Trinajstić information content (AvgIpc) is 3.39. The number of anilines is 1. The third-order valence-corrected chi connectivity index (χ3v) is 4.60. The molecule has 3 rings (SSSR count). The molecule has 0 unspecified atom stereocenters. The van der Waals surface area contributed by atoms with Crippen molar-refractivity contribution in [3.63, 3.8) is 0 Å². The summed E-state index contributed by atoms with van der Waals surface area (Å²) in [6, 6.07) is 7.61. The van der Waals surface area contributed by atoms with E-state index in [1.807, 2.05) is 24.3 Å². The first-order valence-corrected chi connectivity index (χ1v) is 8.61. The highest BCUT2D eigenvalue weighted by atomic mass is 16.5. The first-order valence-electron chi connectivity index (χ1n) is 8.61. The molecular formula is C18H26N2O3. The number of aliphatic hydroxyl groups excluding tert-OH is 1. The predicted octanol–water partition coefficient (Wildman–Crippen LogP) is 2.99. The molecule has 1 saturated carbocycles. The molecule has 23 heavy (non-hydrogen) atoms.